The van der Waals surface area contributed by atoms with Crippen LogP contribution in [0.15, 0.2) is 86.9 Å². The Hall–Kier alpha value is -3.08. The van der Waals surface area contributed by atoms with Crippen LogP contribution in [0.4, 0.5) is 0 Å². The molecule has 0 atom stereocenters. The van der Waals surface area contributed by atoms with Crippen LogP contribution in [0, 0.1) is 6.92 Å². The van der Waals surface area contributed by atoms with Crippen molar-refractivity contribution in [3.05, 3.63) is 111 Å². The molecule has 8 nitrogen and oxygen atoms in total. The number of hydrogen-bond acceptors (Lipinski definition) is 6. The first-order valence-corrected chi connectivity index (χ1v) is 14.0. The standard InChI is InChI=1S/C33H34N4O4.K/c1-5-6-11-29-34-22(4)30(25-16-18-26(19-17-25)40-21(2)3)32(38)37(29)20-23-12-14-24(15-13-23)27-9-7-8-10-28(27)31-35-33(39)41-36-31;/h7-10,12-19,21H,5-6,11,20H2,1-4H3,(H,35,36,39);. The number of rotatable bonds is 10. The van der Waals surface area contributed by atoms with Gasteiger partial charge in [0.15, 0.2) is 5.82 Å². The number of aromatic nitrogens is 4. The molecule has 2 heterocycles. The summed E-state index contributed by atoms with van der Waals surface area (Å²) < 4.78 is 12.3. The molecule has 0 saturated heterocycles. The number of nitrogens with zero attached hydrogens (tertiary/aromatic N) is 3. The molecule has 2 aromatic heterocycles. The van der Waals surface area contributed by atoms with E-state index in [4.69, 9.17) is 14.2 Å². The molecule has 1 N–H and O–H groups in total. The number of hydrogen-bond donors (Lipinski definition) is 1. The average molecular weight is 590 g/mol. The molecule has 0 saturated carbocycles. The molecule has 5 rings (SSSR count). The van der Waals surface area contributed by atoms with E-state index in [1.54, 1.807) is 4.57 Å². The van der Waals surface area contributed by atoms with Gasteiger partial charge in [-0.1, -0.05) is 79.2 Å². The fraction of sp³-hybridized carbons (Fsp3) is 0.273. The summed E-state index contributed by atoms with van der Waals surface area (Å²) in [4.78, 5) is 33.0. The number of nitrogens with one attached hydrogen (secondary N) is 1. The number of aromatic amines is 1. The van der Waals surface area contributed by atoms with Crippen LogP contribution in [-0.4, -0.2) is 77.2 Å². The summed E-state index contributed by atoms with van der Waals surface area (Å²) in [5.41, 5.74) is 5.72. The second-order valence-corrected chi connectivity index (χ2v) is 10.4. The first-order chi connectivity index (χ1) is 19.8. The number of H-pyrrole nitrogens is 1. The topological polar surface area (TPSA) is 103 Å². The molecule has 211 valence electrons. The summed E-state index contributed by atoms with van der Waals surface area (Å²) in [6, 6.07) is 23.4. The molecule has 0 fully saturated rings. The fourth-order valence-electron chi connectivity index (χ4n) is 4.97. The van der Waals surface area contributed by atoms with Crippen molar-refractivity contribution >= 4 is 51.4 Å². The van der Waals surface area contributed by atoms with Gasteiger partial charge in [-0.25, -0.2) is 9.78 Å². The number of ether oxygens (including phenoxy) is 1. The predicted molar refractivity (Wildman–Crippen MR) is 166 cm³/mol. The monoisotopic (exact) mass is 589 g/mol. The Morgan fingerprint density at radius 1 is 0.929 bits per heavy atom. The van der Waals surface area contributed by atoms with Crippen molar-refractivity contribution < 1.29 is 9.26 Å². The summed E-state index contributed by atoms with van der Waals surface area (Å²) in [7, 11) is 0. The quantitative estimate of drug-likeness (QED) is 0.200. The zero-order chi connectivity index (χ0) is 28.9. The van der Waals surface area contributed by atoms with Crippen LogP contribution in [-0.2, 0) is 13.0 Å². The SMILES string of the molecule is CCCCc1nc(C)c(-c2ccc(OC(C)C)cc2)c(=O)n1Cc1ccc(-c2ccccc2-c2noc(=O)[nH]2)cc1.[K]. The van der Waals surface area contributed by atoms with E-state index in [9.17, 15) is 9.59 Å². The Labute approximate surface area is 287 Å². The van der Waals surface area contributed by atoms with Gasteiger partial charge in [-0.15, -0.1) is 0 Å². The Bertz CT molecular complexity index is 1750. The average Bonchev–Trinajstić information content (AvgIpc) is 3.40. The first kappa shape index (κ1) is 31.8. The maximum absolute atomic E-state index is 14.0. The molecular formula is C33H34KN4O4. The van der Waals surface area contributed by atoms with E-state index in [0.717, 1.165) is 64.3 Å². The molecule has 42 heavy (non-hydrogen) atoms. The van der Waals surface area contributed by atoms with E-state index in [-0.39, 0.29) is 63.0 Å². The van der Waals surface area contributed by atoms with Crippen molar-refractivity contribution in [3.8, 4) is 39.4 Å². The van der Waals surface area contributed by atoms with E-state index in [1.807, 2.05) is 93.6 Å². The normalized spacial score (nSPS) is 11.0. The van der Waals surface area contributed by atoms with Crippen LogP contribution in [0.5, 0.6) is 5.75 Å². The van der Waals surface area contributed by atoms with Gasteiger partial charge in [0.05, 0.1) is 23.9 Å². The van der Waals surface area contributed by atoms with Crippen molar-refractivity contribution in [2.75, 3.05) is 0 Å². The molecule has 0 aliphatic carbocycles. The van der Waals surface area contributed by atoms with E-state index < -0.39 is 5.76 Å². The van der Waals surface area contributed by atoms with Crippen molar-refractivity contribution in [2.45, 2.75) is 59.6 Å². The Morgan fingerprint density at radius 2 is 1.60 bits per heavy atom. The molecule has 0 bridgehead atoms. The molecule has 0 spiro atoms. The van der Waals surface area contributed by atoms with Gasteiger partial charge in [0.2, 0.25) is 0 Å². The molecular weight excluding hydrogens is 555 g/mol. The molecule has 3 aromatic carbocycles. The minimum Gasteiger partial charge on any atom is -0.491 e. The fourth-order valence-corrected chi connectivity index (χ4v) is 4.97. The van der Waals surface area contributed by atoms with Crippen molar-refractivity contribution in [3.63, 3.8) is 0 Å². The number of aryl methyl sites for hydroxylation is 2. The maximum Gasteiger partial charge on any atom is 0.439 e. The van der Waals surface area contributed by atoms with Crippen molar-refractivity contribution in [1.82, 2.24) is 19.7 Å². The maximum atomic E-state index is 14.0. The minimum atomic E-state index is -0.597. The Morgan fingerprint density at radius 3 is 2.21 bits per heavy atom. The summed E-state index contributed by atoms with van der Waals surface area (Å²) in [5.74, 6) is 1.34. The smallest absolute Gasteiger partial charge is 0.439 e. The van der Waals surface area contributed by atoms with Crippen LogP contribution in [0.25, 0.3) is 33.6 Å². The second kappa shape index (κ2) is 14.4. The van der Waals surface area contributed by atoms with Gasteiger partial charge in [0.1, 0.15) is 11.6 Å². The van der Waals surface area contributed by atoms with Crippen molar-refractivity contribution in [2.24, 2.45) is 0 Å². The van der Waals surface area contributed by atoms with Crippen molar-refractivity contribution in [1.29, 1.82) is 0 Å². The van der Waals surface area contributed by atoms with Gasteiger partial charge >= 0.3 is 5.76 Å². The number of benzene rings is 3. The zero-order valence-electron chi connectivity index (χ0n) is 24.8. The third-order valence-electron chi connectivity index (χ3n) is 6.93. The largest absolute Gasteiger partial charge is 0.491 e. The Kier molecular flexibility index (Phi) is 10.9. The van der Waals surface area contributed by atoms with Gasteiger partial charge in [-0.05, 0) is 61.6 Å². The van der Waals surface area contributed by atoms with Gasteiger partial charge < -0.3 is 4.74 Å². The van der Waals surface area contributed by atoms with Crippen LogP contribution in [0.2, 0.25) is 0 Å². The minimum absolute atomic E-state index is 0. The second-order valence-electron chi connectivity index (χ2n) is 10.4. The van der Waals surface area contributed by atoms with Crippen LogP contribution in [0.1, 0.15) is 50.7 Å². The zero-order valence-corrected chi connectivity index (χ0v) is 27.9. The third-order valence-corrected chi connectivity index (χ3v) is 6.93. The van der Waals surface area contributed by atoms with E-state index in [1.165, 1.54) is 0 Å². The molecule has 1 radical (unpaired) electrons. The predicted octanol–water partition coefficient (Wildman–Crippen LogP) is 6.03. The molecule has 5 aromatic rings. The summed E-state index contributed by atoms with van der Waals surface area (Å²) in [6.45, 7) is 8.42. The van der Waals surface area contributed by atoms with E-state index in [0.29, 0.717) is 17.9 Å². The van der Waals surface area contributed by atoms with E-state index in [2.05, 4.69) is 17.1 Å². The number of unbranched alkanes of at least 4 members (excludes halogenated alkanes) is 1. The van der Waals surface area contributed by atoms with Gasteiger partial charge in [-0.3, -0.25) is 18.9 Å². The van der Waals surface area contributed by atoms with E-state index >= 15 is 0 Å². The molecule has 0 amide bonds. The first-order valence-electron chi connectivity index (χ1n) is 14.0. The third kappa shape index (κ3) is 7.27. The van der Waals surface area contributed by atoms with Crippen LogP contribution >= 0.6 is 0 Å². The molecule has 0 unspecified atom stereocenters. The summed E-state index contributed by atoms with van der Waals surface area (Å²) in [6.07, 6.45) is 2.77. The van der Waals surface area contributed by atoms with Gasteiger partial charge in [0.25, 0.3) is 5.56 Å². The van der Waals surface area contributed by atoms with Crippen LogP contribution < -0.4 is 16.1 Å². The summed E-state index contributed by atoms with van der Waals surface area (Å²) >= 11 is 0. The Balaban J connectivity index is 0.00000405. The summed E-state index contributed by atoms with van der Waals surface area (Å²) in [5, 5.41) is 3.85. The van der Waals surface area contributed by atoms with Gasteiger partial charge in [0, 0.05) is 63.4 Å². The van der Waals surface area contributed by atoms with Gasteiger partial charge in [-0.2, -0.15) is 0 Å². The molecule has 0 aliphatic rings. The molecule has 9 heteroatoms. The van der Waals surface area contributed by atoms with Crippen LogP contribution in [0.3, 0.4) is 0 Å². The molecule has 0 aliphatic heterocycles.